The number of para-hydroxylation sites is 1. The lowest BCUT2D eigenvalue weighted by atomic mass is 10.0. The number of aryl methyl sites for hydroxylation is 1. The van der Waals surface area contributed by atoms with Crippen LogP contribution in [-0.4, -0.2) is 36.0 Å². The topological polar surface area (TPSA) is 58.4 Å². The van der Waals surface area contributed by atoms with Gasteiger partial charge in [-0.2, -0.15) is 0 Å². The number of carbonyl (C=O) groups is 1. The van der Waals surface area contributed by atoms with Gasteiger partial charge in [0.15, 0.2) is 0 Å². The molecule has 0 bridgehead atoms. The highest BCUT2D eigenvalue weighted by atomic mass is 16.2. The monoisotopic (exact) mass is 259 g/mol. The average molecular weight is 259 g/mol. The Labute approximate surface area is 114 Å². The van der Waals surface area contributed by atoms with Gasteiger partial charge in [-0.3, -0.25) is 9.69 Å². The number of nitrogens with two attached hydrogens (primary N) is 1. The number of likely N-dealkylation sites (tertiary alicyclic amines) is 1. The average Bonchev–Trinajstić information content (AvgIpc) is 2.58. The Balaban J connectivity index is 1.74. The third kappa shape index (κ3) is 2.65. The van der Waals surface area contributed by atoms with Crippen LogP contribution in [-0.2, 0) is 11.2 Å². The van der Waals surface area contributed by atoms with Crippen molar-refractivity contribution in [3.63, 3.8) is 0 Å². The molecule has 0 aliphatic carbocycles. The molecule has 0 radical (unpaired) electrons. The van der Waals surface area contributed by atoms with E-state index in [0.717, 1.165) is 44.5 Å². The van der Waals surface area contributed by atoms with Crippen molar-refractivity contribution in [2.45, 2.75) is 37.8 Å². The van der Waals surface area contributed by atoms with Gasteiger partial charge in [0.2, 0.25) is 5.91 Å². The van der Waals surface area contributed by atoms with Gasteiger partial charge in [-0.05, 0) is 37.3 Å². The third-order valence-electron chi connectivity index (χ3n) is 4.28. The molecule has 1 aromatic rings. The van der Waals surface area contributed by atoms with Crippen LogP contribution in [0.25, 0.3) is 0 Å². The van der Waals surface area contributed by atoms with Gasteiger partial charge in [-0.15, -0.1) is 0 Å². The van der Waals surface area contributed by atoms with Crippen molar-refractivity contribution in [3.8, 4) is 0 Å². The maximum absolute atomic E-state index is 12.4. The molecule has 1 atom stereocenters. The maximum atomic E-state index is 12.4. The van der Waals surface area contributed by atoms with Crippen molar-refractivity contribution >= 4 is 11.6 Å². The molecule has 1 fully saturated rings. The molecular weight excluding hydrogens is 238 g/mol. The minimum atomic E-state index is -0.0000926. The van der Waals surface area contributed by atoms with Crippen molar-refractivity contribution < 1.29 is 4.79 Å². The normalized spacial score (nSPS) is 25.5. The predicted molar refractivity (Wildman–Crippen MR) is 76.0 cm³/mol. The first kappa shape index (κ1) is 12.6. The Morgan fingerprint density at radius 1 is 1.16 bits per heavy atom. The molecule has 4 nitrogen and oxygen atoms in total. The number of rotatable bonds is 1. The number of anilines is 1. The first-order chi connectivity index (χ1) is 9.24. The molecule has 1 unspecified atom stereocenters. The number of benzene rings is 1. The van der Waals surface area contributed by atoms with Crippen LogP contribution >= 0.6 is 0 Å². The van der Waals surface area contributed by atoms with E-state index in [-0.39, 0.29) is 11.9 Å². The molecule has 0 aromatic heterocycles. The van der Waals surface area contributed by atoms with Crippen molar-refractivity contribution in [1.29, 1.82) is 0 Å². The van der Waals surface area contributed by atoms with E-state index in [1.807, 2.05) is 18.2 Å². The SMILES string of the molecule is NC1CCN(C2CCc3ccccc3NC2=O)CC1. The van der Waals surface area contributed by atoms with E-state index in [1.165, 1.54) is 5.56 Å². The summed E-state index contributed by atoms with van der Waals surface area (Å²) in [6.07, 6.45) is 3.85. The second-order valence-electron chi connectivity index (χ2n) is 5.57. The summed E-state index contributed by atoms with van der Waals surface area (Å²) in [5.41, 5.74) is 8.15. The second-order valence-corrected chi connectivity index (χ2v) is 5.57. The fraction of sp³-hybridized carbons (Fsp3) is 0.533. The van der Waals surface area contributed by atoms with Crippen LogP contribution in [0.15, 0.2) is 24.3 Å². The standard InChI is InChI=1S/C15H21N3O/c16-12-7-9-18(10-8-12)14-6-5-11-3-1-2-4-13(11)17-15(14)19/h1-4,12,14H,5-10,16H2,(H,17,19). The van der Waals surface area contributed by atoms with Crippen LogP contribution in [0.1, 0.15) is 24.8 Å². The highest BCUT2D eigenvalue weighted by molar-refractivity contribution is 5.96. The van der Waals surface area contributed by atoms with E-state index in [2.05, 4.69) is 16.3 Å². The molecule has 3 N–H and O–H groups in total. The zero-order valence-electron chi connectivity index (χ0n) is 11.1. The van der Waals surface area contributed by atoms with Gasteiger partial charge in [0.05, 0.1) is 6.04 Å². The highest BCUT2D eigenvalue weighted by Crippen LogP contribution is 2.25. The zero-order valence-corrected chi connectivity index (χ0v) is 11.1. The molecule has 2 heterocycles. The van der Waals surface area contributed by atoms with Crippen molar-refractivity contribution in [3.05, 3.63) is 29.8 Å². The fourth-order valence-electron chi connectivity index (χ4n) is 3.08. The molecule has 1 amide bonds. The quantitative estimate of drug-likeness (QED) is 0.800. The molecule has 1 aromatic carbocycles. The Bertz CT molecular complexity index is 466. The van der Waals surface area contributed by atoms with E-state index in [1.54, 1.807) is 0 Å². The Morgan fingerprint density at radius 3 is 2.68 bits per heavy atom. The Kier molecular flexibility index (Phi) is 3.53. The summed E-state index contributed by atoms with van der Waals surface area (Å²) in [5, 5.41) is 3.07. The lowest BCUT2D eigenvalue weighted by Gasteiger charge is -2.35. The summed E-state index contributed by atoms with van der Waals surface area (Å²) < 4.78 is 0. The van der Waals surface area contributed by atoms with Gasteiger partial charge in [0.1, 0.15) is 0 Å². The van der Waals surface area contributed by atoms with E-state index >= 15 is 0 Å². The first-order valence-corrected chi connectivity index (χ1v) is 7.12. The summed E-state index contributed by atoms with van der Waals surface area (Å²) in [7, 11) is 0. The van der Waals surface area contributed by atoms with Gasteiger partial charge < -0.3 is 11.1 Å². The smallest absolute Gasteiger partial charge is 0.241 e. The summed E-state index contributed by atoms with van der Waals surface area (Å²) in [6, 6.07) is 8.40. The van der Waals surface area contributed by atoms with Gasteiger partial charge in [-0.25, -0.2) is 0 Å². The van der Waals surface area contributed by atoms with E-state index < -0.39 is 0 Å². The van der Waals surface area contributed by atoms with Crippen molar-refractivity contribution in [2.75, 3.05) is 18.4 Å². The molecule has 102 valence electrons. The molecule has 2 aliphatic rings. The number of nitrogens with zero attached hydrogens (tertiary/aromatic N) is 1. The van der Waals surface area contributed by atoms with Gasteiger partial charge in [-0.1, -0.05) is 18.2 Å². The number of nitrogens with one attached hydrogen (secondary N) is 1. The van der Waals surface area contributed by atoms with Crippen LogP contribution in [0.5, 0.6) is 0 Å². The molecule has 19 heavy (non-hydrogen) atoms. The molecule has 0 spiro atoms. The number of hydrogen-bond acceptors (Lipinski definition) is 3. The van der Waals surface area contributed by atoms with Crippen LogP contribution in [0.3, 0.4) is 0 Å². The Hall–Kier alpha value is -1.39. The zero-order chi connectivity index (χ0) is 13.2. The van der Waals surface area contributed by atoms with Gasteiger partial charge in [0.25, 0.3) is 0 Å². The van der Waals surface area contributed by atoms with Crippen LogP contribution in [0.4, 0.5) is 5.69 Å². The van der Waals surface area contributed by atoms with E-state index in [4.69, 9.17) is 5.73 Å². The van der Waals surface area contributed by atoms with Crippen LogP contribution < -0.4 is 11.1 Å². The first-order valence-electron chi connectivity index (χ1n) is 7.12. The highest BCUT2D eigenvalue weighted by Gasteiger charge is 2.30. The largest absolute Gasteiger partial charge is 0.328 e. The molecule has 0 saturated carbocycles. The second kappa shape index (κ2) is 5.31. The minimum absolute atomic E-state index is 0.0000926. The fourth-order valence-corrected chi connectivity index (χ4v) is 3.08. The summed E-state index contributed by atoms with van der Waals surface area (Å²) in [5.74, 6) is 0.139. The predicted octanol–water partition coefficient (Wildman–Crippen LogP) is 1.36. The van der Waals surface area contributed by atoms with Gasteiger partial charge in [0, 0.05) is 24.8 Å². The lowest BCUT2D eigenvalue weighted by molar-refractivity contribution is -0.121. The van der Waals surface area contributed by atoms with Crippen LogP contribution in [0, 0.1) is 0 Å². The minimum Gasteiger partial charge on any atom is -0.328 e. The number of amides is 1. The molecule has 1 saturated heterocycles. The van der Waals surface area contributed by atoms with Crippen LogP contribution in [0.2, 0.25) is 0 Å². The molecule has 3 rings (SSSR count). The number of carbonyl (C=O) groups excluding carboxylic acids is 1. The third-order valence-corrected chi connectivity index (χ3v) is 4.28. The van der Waals surface area contributed by atoms with Crippen molar-refractivity contribution in [1.82, 2.24) is 4.90 Å². The molecule has 4 heteroatoms. The maximum Gasteiger partial charge on any atom is 0.241 e. The summed E-state index contributed by atoms with van der Waals surface area (Å²) >= 11 is 0. The van der Waals surface area contributed by atoms with E-state index in [9.17, 15) is 4.79 Å². The van der Waals surface area contributed by atoms with Crippen molar-refractivity contribution in [2.24, 2.45) is 5.73 Å². The molecule has 2 aliphatic heterocycles. The Morgan fingerprint density at radius 2 is 1.89 bits per heavy atom. The summed E-state index contributed by atoms with van der Waals surface area (Å²) in [4.78, 5) is 14.7. The van der Waals surface area contributed by atoms with E-state index in [0.29, 0.717) is 6.04 Å². The number of piperidine rings is 1. The lowest BCUT2D eigenvalue weighted by Crippen LogP contribution is -2.49. The summed E-state index contributed by atoms with van der Waals surface area (Å²) in [6.45, 7) is 1.88. The number of hydrogen-bond donors (Lipinski definition) is 2. The van der Waals surface area contributed by atoms with Gasteiger partial charge >= 0.3 is 0 Å². The number of fused-ring (bicyclic) bond motifs is 1. The molecular formula is C15H21N3O.